The van der Waals surface area contributed by atoms with Crippen LogP contribution in [0.2, 0.25) is 0 Å². The molecule has 10 atom stereocenters. The lowest BCUT2D eigenvalue weighted by atomic mass is 9.32. The summed E-state index contributed by atoms with van der Waals surface area (Å²) in [5, 5.41) is 12.4. The van der Waals surface area contributed by atoms with Crippen LogP contribution in [0.5, 0.6) is 0 Å². The molecule has 1 amide bonds. The van der Waals surface area contributed by atoms with E-state index in [9.17, 15) is 32.7 Å². The number of hydrogen-bond acceptors (Lipinski definition) is 4. The number of nitrogens with one attached hydrogen (secondary N) is 1. The number of benzene rings is 1. The maximum atomic E-state index is 13.8. The smallest absolute Gasteiger partial charge is 0.416 e. The summed E-state index contributed by atoms with van der Waals surface area (Å²) in [4.78, 5) is 38.4. The Labute approximate surface area is 327 Å². The van der Waals surface area contributed by atoms with Gasteiger partial charge in [0.1, 0.15) is 6.10 Å². The highest BCUT2D eigenvalue weighted by Crippen LogP contribution is 2.78. The van der Waals surface area contributed by atoms with E-state index >= 15 is 0 Å². The molecule has 0 unspecified atom stereocenters. The van der Waals surface area contributed by atoms with Crippen LogP contribution >= 0.6 is 0 Å². The third kappa shape index (κ3) is 7.30. The standard InChI is InChI=1S/C46H66F3NO5/c1-28(2)31-16-21-45(24-36(51)50-27-29-10-12-30(13-11-29)46(47,48)49)23-22-43(8)32(39(31)45)14-15-34-42(7)19-18-35(41(5,6)33(42)17-20-44(34,43)9)55-38(54)26-40(3,4)25-37(52)53/h10-13,31-35,39H,1,14-27H2,2-9H3,(H,50,51)(H,52,53)/t31-,32+,33-,34+,35-,39+,42-,43+,44+,45+/m0/s1. The van der Waals surface area contributed by atoms with E-state index in [-0.39, 0.29) is 64.4 Å². The van der Waals surface area contributed by atoms with Gasteiger partial charge in [0.05, 0.1) is 18.4 Å². The number of carbonyl (C=O) groups excluding carboxylic acids is 2. The summed E-state index contributed by atoms with van der Waals surface area (Å²) in [5.41, 5.74) is 0.466. The molecule has 9 heteroatoms. The summed E-state index contributed by atoms with van der Waals surface area (Å²) in [6.45, 7) is 22.8. The van der Waals surface area contributed by atoms with E-state index < -0.39 is 23.1 Å². The van der Waals surface area contributed by atoms with Crippen LogP contribution in [-0.2, 0) is 31.8 Å². The van der Waals surface area contributed by atoms with Crippen LogP contribution in [-0.4, -0.2) is 29.1 Å². The van der Waals surface area contributed by atoms with Crippen molar-refractivity contribution < 1.29 is 37.4 Å². The Hall–Kier alpha value is -2.84. The number of aliphatic carboxylic acids is 1. The van der Waals surface area contributed by atoms with Crippen molar-refractivity contribution in [2.24, 2.45) is 62.1 Å². The van der Waals surface area contributed by atoms with Crippen molar-refractivity contribution in [3.63, 3.8) is 0 Å². The molecule has 6 nitrogen and oxygen atoms in total. The fraction of sp³-hybridized carbons (Fsp3) is 0.761. The second kappa shape index (κ2) is 14.2. The first-order chi connectivity index (χ1) is 25.4. The van der Waals surface area contributed by atoms with E-state index in [0.29, 0.717) is 41.6 Å². The molecule has 1 aromatic rings. The Morgan fingerprint density at radius 3 is 2.15 bits per heavy atom. The van der Waals surface area contributed by atoms with Gasteiger partial charge in [-0.25, -0.2) is 0 Å². The normalized spacial score (nSPS) is 38.1. The monoisotopic (exact) mass is 769 g/mol. The van der Waals surface area contributed by atoms with Crippen molar-refractivity contribution in [1.82, 2.24) is 5.32 Å². The van der Waals surface area contributed by atoms with Gasteiger partial charge in [-0.05, 0) is 145 Å². The molecule has 0 radical (unpaired) electrons. The Balaban J connectivity index is 1.19. The number of fused-ring (bicyclic) bond motifs is 7. The molecule has 5 fully saturated rings. The Kier molecular flexibility index (Phi) is 10.8. The number of carboxylic acid groups (broad SMARTS) is 1. The van der Waals surface area contributed by atoms with Gasteiger partial charge >= 0.3 is 18.1 Å². The third-order valence-corrected chi connectivity index (χ3v) is 17.0. The van der Waals surface area contributed by atoms with E-state index in [4.69, 9.17) is 4.74 Å². The number of carboxylic acids is 1. The minimum atomic E-state index is -4.39. The van der Waals surface area contributed by atoms with E-state index in [1.165, 1.54) is 17.7 Å². The summed E-state index contributed by atoms with van der Waals surface area (Å²) in [5.74, 6) is 0.876. The number of rotatable bonds is 10. The van der Waals surface area contributed by atoms with E-state index in [1.54, 1.807) is 0 Å². The van der Waals surface area contributed by atoms with E-state index in [0.717, 1.165) is 76.3 Å². The molecule has 0 aromatic heterocycles. The van der Waals surface area contributed by atoms with Gasteiger partial charge in [-0.2, -0.15) is 13.2 Å². The first-order valence-corrected chi connectivity index (χ1v) is 20.9. The van der Waals surface area contributed by atoms with Gasteiger partial charge in [-0.15, -0.1) is 0 Å². The van der Waals surface area contributed by atoms with Gasteiger partial charge in [0.25, 0.3) is 0 Å². The lowest BCUT2D eigenvalue weighted by Gasteiger charge is -2.73. The summed E-state index contributed by atoms with van der Waals surface area (Å²) >= 11 is 0. The molecule has 0 saturated heterocycles. The quantitative estimate of drug-likeness (QED) is 0.183. The van der Waals surface area contributed by atoms with Crippen LogP contribution in [0.1, 0.15) is 150 Å². The van der Waals surface area contributed by atoms with Crippen molar-refractivity contribution in [3.05, 3.63) is 47.5 Å². The molecule has 1 aromatic carbocycles. The van der Waals surface area contributed by atoms with Crippen LogP contribution in [0.25, 0.3) is 0 Å². The minimum absolute atomic E-state index is 0.0195. The minimum Gasteiger partial charge on any atom is -0.481 e. The van der Waals surface area contributed by atoms with Crippen LogP contribution in [0.3, 0.4) is 0 Å². The number of carbonyl (C=O) groups is 3. The van der Waals surface area contributed by atoms with Gasteiger partial charge in [-0.3, -0.25) is 14.4 Å². The van der Waals surface area contributed by atoms with Crippen molar-refractivity contribution in [1.29, 1.82) is 0 Å². The fourth-order valence-electron chi connectivity index (χ4n) is 14.2. The molecule has 5 aliphatic carbocycles. The number of allylic oxidation sites excluding steroid dienone is 1. The van der Waals surface area contributed by atoms with Crippen molar-refractivity contribution in [3.8, 4) is 0 Å². The lowest BCUT2D eigenvalue weighted by Crippen LogP contribution is -2.67. The molecule has 0 heterocycles. The zero-order chi connectivity index (χ0) is 40.6. The maximum absolute atomic E-state index is 13.8. The molecule has 55 heavy (non-hydrogen) atoms. The number of esters is 1. The first kappa shape index (κ1) is 41.8. The molecule has 2 N–H and O–H groups in total. The van der Waals surface area contributed by atoms with E-state index in [2.05, 4.69) is 53.4 Å². The summed E-state index contributed by atoms with van der Waals surface area (Å²) in [6.07, 6.45) is 6.23. The van der Waals surface area contributed by atoms with Crippen molar-refractivity contribution in [2.75, 3.05) is 0 Å². The maximum Gasteiger partial charge on any atom is 0.416 e. The first-order valence-electron chi connectivity index (χ1n) is 20.9. The number of halogens is 3. The lowest BCUT2D eigenvalue weighted by molar-refractivity contribution is -0.250. The van der Waals surface area contributed by atoms with Crippen LogP contribution < -0.4 is 5.32 Å². The number of alkyl halides is 3. The zero-order valence-electron chi connectivity index (χ0n) is 34.6. The predicted octanol–water partition coefficient (Wildman–Crippen LogP) is 11.2. The van der Waals surface area contributed by atoms with Crippen molar-refractivity contribution in [2.45, 2.75) is 158 Å². The molecule has 306 valence electrons. The molecule has 0 spiro atoms. The summed E-state index contributed by atoms with van der Waals surface area (Å²) in [6, 6.07) is 5.05. The molecular formula is C46H66F3NO5. The SMILES string of the molecule is C=C(C)[C@@H]1CC[C@]2(CC(=O)NCc3ccc(C(F)(F)F)cc3)CC[C@]3(C)[C@H](CC[C@@H]4[C@@]5(C)CC[C@H](OC(=O)CC(C)(C)CC(=O)O)C(C)(C)[C@@H]5CC[C@]43C)[C@@H]12. The fourth-order valence-corrected chi connectivity index (χ4v) is 14.2. The Morgan fingerprint density at radius 2 is 1.53 bits per heavy atom. The number of hydrogen-bond donors (Lipinski definition) is 2. The third-order valence-electron chi connectivity index (χ3n) is 17.0. The van der Waals surface area contributed by atoms with Crippen LogP contribution in [0, 0.1) is 62.1 Å². The largest absolute Gasteiger partial charge is 0.481 e. The highest BCUT2D eigenvalue weighted by Gasteiger charge is 2.71. The molecule has 6 rings (SSSR count). The van der Waals surface area contributed by atoms with Gasteiger partial charge in [0, 0.05) is 18.4 Å². The van der Waals surface area contributed by atoms with E-state index in [1.807, 2.05) is 13.8 Å². The highest BCUT2D eigenvalue weighted by molar-refractivity contribution is 5.77. The van der Waals surface area contributed by atoms with Gasteiger partial charge < -0.3 is 15.2 Å². The van der Waals surface area contributed by atoms with Crippen LogP contribution in [0.4, 0.5) is 13.2 Å². The Bertz CT molecular complexity index is 1670. The predicted molar refractivity (Wildman–Crippen MR) is 207 cm³/mol. The highest BCUT2D eigenvalue weighted by atomic mass is 19.4. The van der Waals surface area contributed by atoms with Crippen molar-refractivity contribution >= 4 is 17.8 Å². The molecule has 5 aliphatic rings. The van der Waals surface area contributed by atoms with Gasteiger partial charge in [0.15, 0.2) is 0 Å². The average Bonchev–Trinajstić information content (AvgIpc) is 3.44. The van der Waals surface area contributed by atoms with Crippen LogP contribution in [0.15, 0.2) is 36.4 Å². The molecule has 5 saturated carbocycles. The average molecular weight is 770 g/mol. The topological polar surface area (TPSA) is 92.7 Å². The number of amides is 1. The summed E-state index contributed by atoms with van der Waals surface area (Å²) < 4.78 is 45.6. The van der Waals surface area contributed by atoms with Gasteiger partial charge in [0.2, 0.25) is 5.91 Å². The summed E-state index contributed by atoms with van der Waals surface area (Å²) in [7, 11) is 0. The molecule has 0 aliphatic heterocycles. The molecular weight excluding hydrogens is 704 g/mol. The number of ether oxygens (including phenoxy) is 1. The Morgan fingerprint density at radius 1 is 0.855 bits per heavy atom. The second-order valence-corrected chi connectivity index (χ2v) is 20.9. The van der Waals surface area contributed by atoms with Gasteiger partial charge in [-0.1, -0.05) is 72.8 Å². The second-order valence-electron chi connectivity index (χ2n) is 20.9. The molecule has 0 bridgehead atoms. The zero-order valence-corrected chi connectivity index (χ0v) is 34.6.